The van der Waals surface area contributed by atoms with E-state index in [1.807, 2.05) is 22.4 Å². The van der Waals surface area contributed by atoms with Crippen LogP contribution in [0.25, 0.3) is 0 Å². The summed E-state index contributed by atoms with van der Waals surface area (Å²) >= 11 is 1.48. The average molecular weight is 397 g/mol. The van der Waals surface area contributed by atoms with Gasteiger partial charge in [-0.15, -0.1) is 11.3 Å². The maximum absolute atomic E-state index is 12.8. The molecule has 0 spiro atoms. The zero-order valence-corrected chi connectivity index (χ0v) is 17.3. The molecule has 0 saturated carbocycles. The van der Waals surface area contributed by atoms with Gasteiger partial charge in [0.1, 0.15) is 0 Å². The molecule has 1 aromatic heterocycles. The van der Waals surface area contributed by atoms with E-state index >= 15 is 0 Å². The van der Waals surface area contributed by atoms with E-state index < -0.39 is 0 Å². The van der Waals surface area contributed by atoms with Crippen molar-refractivity contribution in [2.24, 2.45) is 5.92 Å². The molecule has 2 aromatic rings. The first-order valence-corrected chi connectivity index (χ1v) is 11.2. The smallest absolute Gasteiger partial charge is 0.263 e. The highest BCUT2D eigenvalue weighted by Gasteiger charge is 2.29. The molecule has 5 heteroatoms. The summed E-state index contributed by atoms with van der Waals surface area (Å²) in [7, 11) is 0. The Morgan fingerprint density at radius 2 is 1.86 bits per heavy atom. The number of aryl methyl sites for hydroxylation is 2. The lowest BCUT2D eigenvalue weighted by Crippen LogP contribution is -2.43. The molecule has 0 unspecified atom stereocenters. The van der Waals surface area contributed by atoms with Gasteiger partial charge in [-0.05, 0) is 73.6 Å². The van der Waals surface area contributed by atoms with E-state index in [2.05, 4.69) is 30.4 Å². The van der Waals surface area contributed by atoms with Gasteiger partial charge in [0.05, 0.1) is 10.9 Å². The summed E-state index contributed by atoms with van der Waals surface area (Å²) < 4.78 is 0. The third kappa shape index (κ3) is 4.14. The van der Waals surface area contributed by atoms with Crippen LogP contribution < -0.4 is 5.32 Å². The van der Waals surface area contributed by atoms with Gasteiger partial charge in [-0.25, -0.2) is 0 Å². The van der Waals surface area contributed by atoms with Gasteiger partial charge in [0, 0.05) is 19.0 Å². The first-order valence-electron chi connectivity index (χ1n) is 10.4. The van der Waals surface area contributed by atoms with Gasteiger partial charge >= 0.3 is 0 Å². The number of benzene rings is 1. The predicted molar refractivity (Wildman–Crippen MR) is 113 cm³/mol. The normalized spacial score (nSPS) is 18.4. The molecule has 28 heavy (non-hydrogen) atoms. The Morgan fingerprint density at radius 1 is 1.11 bits per heavy atom. The monoisotopic (exact) mass is 396 g/mol. The number of thiophene rings is 1. The topological polar surface area (TPSA) is 49.4 Å². The fraction of sp³-hybridized carbons (Fsp3) is 0.478. The minimum Gasteiger partial charge on any atom is -0.349 e. The molecule has 1 N–H and O–H groups in total. The van der Waals surface area contributed by atoms with E-state index in [1.54, 1.807) is 0 Å². The van der Waals surface area contributed by atoms with Crippen molar-refractivity contribution in [3.05, 3.63) is 57.3 Å². The van der Waals surface area contributed by atoms with Crippen molar-refractivity contribution in [3.63, 3.8) is 0 Å². The van der Waals surface area contributed by atoms with Crippen molar-refractivity contribution < 1.29 is 9.59 Å². The molecule has 1 atom stereocenters. The van der Waals surface area contributed by atoms with E-state index in [0.29, 0.717) is 13.1 Å². The summed E-state index contributed by atoms with van der Waals surface area (Å²) in [4.78, 5) is 27.9. The molecule has 1 aliphatic carbocycles. The van der Waals surface area contributed by atoms with E-state index in [-0.39, 0.29) is 23.8 Å². The lowest BCUT2D eigenvalue weighted by Gasteiger charge is -2.31. The Morgan fingerprint density at radius 3 is 2.57 bits per heavy atom. The minimum atomic E-state index is -0.00698. The van der Waals surface area contributed by atoms with E-state index in [0.717, 1.165) is 24.1 Å². The maximum atomic E-state index is 12.8. The van der Waals surface area contributed by atoms with Gasteiger partial charge < -0.3 is 10.2 Å². The number of amides is 2. The molecule has 2 heterocycles. The van der Waals surface area contributed by atoms with Gasteiger partial charge in [0.2, 0.25) is 5.91 Å². The number of fused-ring (bicyclic) bond motifs is 1. The molecular formula is C23H28N2O2S. The highest BCUT2D eigenvalue weighted by atomic mass is 32.1. The lowest BCUT2D eigenvalue weighted by atomic mass is 9.89. The van der Waals surface area contributed by atoms with Crippen LogP contribution in [0.3, 0.4) is 0 Å². The standard InChI is InChI=1S/C23H28N2O2S/c1-16(19-9-8-17-5-2-3-6-20(17)15-19)24-22(26)18-10-12-25(13-11-18)23(27)21-7-4-14-28-21/h4,7-9,14-16,18H,2-3,5-6,10-13H2,1H3,(H,24,26)/t16-/m1/s1. The second-order valence-corrected chi connectivity index (χ2v) is 8.96. The number of hydrogen-bond donors (Lipinski definition) is 1. The second kappa shape index (κ2) is 8.48. The van der Waals surface area contributed by atoms with Crippen molar-refractivity contribution in [1.82, 2.24) is 10.2 Å². The average Bonchev–Trinajstić information content (AvgIpc) is 3.28. The summed E-state index contributed by atoms with van der Waals surface area (Å²) in [6.07, 6.45) is 6.35. The maximum Gasteiger partial charge on any atom is 0.263 e. The van der Waals surface area contributed by atoms with E-state index in [9.17, 15) is 9.59 Å². The van der Waals surface area contributed by atoms with Crippen LogP contribution in [-0.4, -0.2) is 29.8 Å². The molecule has 4 nitrogen and oxygen atoms in total. The van der Waals surface area contributed by atoms with E-state index in [1.165, 1.54) is 47.3 Å². The highest BCUT2D eigenvalue weighted by Crippen LogP contribution is 2.26. The fourth-order valence-corrected chi connectivity index (χ4v) is 5.03. The number of hydrogen-bond acceptors (Lipinski definition) is 3. The number of piperidine rings is 1. The first-order chi connectivity index (χ1) is 13.6. The Kier molecular flexibility index (Phi) is 5.81. The van der Waals surface area contributed by atoms with Crippen molar-refractivity contribution in [2.75, 3.05) is 13.1 Å². The van der Waals surface area contributed by atoms with Gasteiger partial charge in [0.15, 0.2) is 0 Å². The van der Waals surface area contributed by atoms with Crippen molar-refractivity contribution >= 4 is 23.2 Å². The van der Waals surface area contributed by atoms with Crippen LogP contribution in [0.1, 0.15) is 65.0 Å². The Bertz CT molecular complexity index is 838. The summed E-state index contributed by atoms with van der Waals surface area (Å²) in [5.74, 6) is 0.206. The zero-order valence-electron chi connectivity index (χ0n) is 16.4. The molecule has 1 fully saturated rings. The molecule has 2 amide bonds. The second-order valence-electron chi connectivity index (χ2n) is 8.01. The molecule has 148 valence electrons. The Hall–Kier alpha value is -2.14. The molecule has 0 bridgehead atoms. The van der Waals surface area contributed by atoms with Gasteiger partial charge in [-0.1, -0.05) is 24.3 Å². The largest absolute Gasteiger partial charge is 0.349 e. The number of carbonyl (C=O) groups excluding carboxylic acids is 2. The minimum absolute atomic E-state index is 0.00698. The Labute approximate surface area is 170 Å². The van der Waals surface area contributed by atoms with Crippen LogP contribution in [-0.2, 0) is 17.6 Å². The van der Waals surface area contributed by atoms with Gasteiger partial charge in [0.25, 0.3) is 5.91 Å². The fourth-order valence-electron chi connectivity index (χ4n) is 4.34. The van der Waals surface area contributed by atoms with Crippen LogP contribution in [0.5, 0.6) is 0 Å². The zero-order chi connectivity index (χ0) is 19.5. The van der Waals surface area contributed by atoms with Crippen LogP contribution in [0.4, 0.5) is 0 Å². The molecule has 1 aromatic carbocycles. The highest BCUT2D eigenvalue weighted by molar-refractivity contribution is 7.12. The molecular weight excluding hydrogens is 368 g/mol. The Balaban J connectivity index is 1.31. The number of likely N-dealkylation sites (tertiary alicyclic amines) is 1. The summed E-state index contributed by atoms with van der Waals surface area (Å²) in [6, 6.07) is 10.5. The van der Waals surface area contributed by atoms with Crippen molar-refractivity contribution in [3.8, 4) is 0 Å². The van der Waals surface area contributed by atoms with Gasteiger partial charge in [-0.2, -0.15) is 0 Å². The van der Waals surface area contributed by atoms with Gasteiger partial charge in [-0.3, -0.25) is 9.59 Å². The number of nitrogens with zero attached hydrogens (tertiary/aromatic N) is 1. The number of carbonyl (C=O) groups is 2. The van der Waals surface area contributed by atoms with Crippen LogP contribution >= 0.6 is 11.3 Å². The van der Waals surface area contributed by atoms with Crippen LogP contribution in [0.15, 0.2) is 35.7 Å². The quantitative estimate of drug-likeness (QED) is 0.835. The lowest BCUT2D eigenvalue weighted by molar-refractivity contribution is -0.126. The van der Waals surface area contributed by atoms with E-state index in [4.69, 9.17) is 0 Å². The molecule has 1 aliphatic heterocycles. The SMILES string of the molecule is C[C@@H](NC(=O)C1CCN(C(=O)c2cccs2)CC1)c1ccc2c(c1)CCCC2. The molecule has 2 aliphatic rings. The number of nitrogens with one attached hydrogen (secondary N) is 1. The molecule has 4 rings (SSSR count). The molecule has 0 radical (unpaired) electrons. The van der Waals surface area contributed by atoms with Crippen molar-refractivity contribution in [2.45, 2.75) is 51.5 Å². The van der Waals surface area contributed by atoms with Crippen LogP contribution in [0, 0.1) is 5.92 Å². The summed E-state index contributed by atoms with van der Waals surface area (Å²) in [5.41, 5.74) is 4.11. The third-order valence-corrected chi connectivity index (χ3v) is 6.97. The van der Waals surface area contributed by atoms with Crippen molar-refractivity contribution in [1.29, 1.82) is 0 Å². The molecule has 1 saturated heterocycles. The summed E-state index contributed by atoms with van der Waals surface area (Å²) in [6.45, 7) is 3.38. The summed E-state index contributed by atoms with van der Waals surface area (Å²) in [5, 5.41) is 5.13. The number of rotatable bonds is 4. The predicted octanol–water partition coefficient (Wildman–Crippen LogP) is 4.36. The first kappa shape index (κ1) is 19.2. The third-order valence-electron chi connectivity index (χ3n) is 6.12. The van der Waals surface area contributed by atoms with Crippen LogP contribution in [0.2, 0.25) is 0 Å².